The molecule has 0 saturated heterocycles. The van der Waals surface area contributed by atoms with Crippen LogP contribution < -0.4 is 5.32 Å². The standard InChI is InChI=1S/C18H19NO3/c1-21-18(20)9-5-13-4-7-16-14(11-13)6-8-17(16)19-12-15-3-2-10-22-15/h2-5,7,9-11,17,19H,6,8,12H2,1H3. The van der Waals surface area contributed by atoms with Crippen LogP contribution in [0.15, 0.2) is 47.1 Å². The van der Waals surface area contributed by atoms with E-state index >= 15 is 0 Å². The van der Waals surface area contributed by atoms with Crippen molar-refractivity contribution in [3.63, 3.8) is 0 Å². The Balaban J connectivity index is 1.67. The number of hydrogen-bond donors (Lipinski definition) is 1. The normalized spacial score (nSPS) is 16.9. The average Bonchev–Trinajstić information content (AvgIpc) is 3.19. The Morgan fingerprint density at radius 2 is 2.36 bits per heavy atom. The van der Waals surface area contributed by atoms with Gasteiger partial charge >= 0.3 is 5.97 Å². The molecule has 1 aliphatic carbocycles. The molecule has 1 aromatic heterocycles. The number of fused-ring (bicyclic) bond motifs is 1. The minimum Gasteiger partial charge on any atom is -0.468 e. The van der Waals surface area contributed by atoms with Crippen LogP contribution in [0.25, 0.3) is 6.08 Å². The monoisotopic (exact) mass is 297 g/mol. The van der Waals surface area contributed by atoms with Gasteiger partial charge in [0, 0.05) is 12.1 Å². The average molecular weight is 297 g/mol. The van der Waals surface area contributed by atoms with Gasteiger partial charge in [0.25, 0.3) is 0 Å². The van der Waals surface area contributed by atoms with Crippen LogP contribution in [0.3, 0.4) is 0 Å². The lowest BCUT2D eigenvalue weighted by atomic mass is 10.0. The molecule has 0 amide bonds. The Hall–Kier alpha value is -2.33. The Kier molecular flexibility index (Phi) is 4.39. The second kappa shape index (κ2) is 6.62. The second-order valence-electron chi connectivity index (χ2n) is 5.37. The summed E-state index contributed by atoms with van der Waals surface area (Å²) in [7, 11) is 1.38. The van der Waals surface area contributed by atoms with Crippen LogP contribution >= 0.6 is 0 Å². The molecule has 0 bridgehead atoms. The maximum atomic E-state index is 11.1. The SMILES string of the molecule is COC(=O)C=Cc1ccc2c(c1)CCC2NCc1ccco1. The van der Waals surface area contributed by atoms with Gasteiger partial charge in [-0.05, 0) is 47.7 Å². The van der Waals surface area contributed by atoms with Gasteiger partial charge in [0.1, 0.15) is 5.76 Å². The first-order valence-corrected chi connectivity index (χ1v) is 7.41. The summed E-state index contributed by atoms with van der Waals surface area (Å²) in [6, 6.07) is 10.6. The Morgan fingerprint density at radius 1 is 1.45 bits per heavy atom. The number of esters is 1. The molecule has 2 aromatic rings. The van der Waals surface area contributed by atoms with Crippen LogP contribution in [0.1, 0.15) is 34.9 Å². The predicted octanol–water partition coefficient (Wildman–Crippen LogP) is 3.24. The third kappa shape index (κ3) is 3.28. The number of ether oxygens (including phenoxy) is 1. The Bertz CT molecular complexity index is 674. The third-order valence-electron chi connectivity index (χ3n) is 3.96. The van der Waals surface area contributed by atoms with Crippen LogP contribution in [0.5, 0.6) is 0 Å². The van der Waals surface area contributed by atoms with E-state index in [0.29, 0.717) is 6.04 Å². The summed E-state index contributed by atoms with van der Waals surface area (Å²) in [4.78, 5) is 11.1. The molecule has 22 heavy (non-hydrogen) atoms. The number of carbonyl (C=O) groups excluding carboxylic acids is 1. The second-order valence-corrected chi connectivity index (χ2v) is 5.37. The highest BCUT2D eigenvalue weighted by Gasteiger charge is 2.22. The van der Waals surface area contributed by atoms with Crippen molar-refractivity contribution < 1.29 is 13.9 Å². The predicted molar refractivity (Wildman–Crippen MR) is 84.1 cm³/mol. The molecule has 0 spiro atoms. The quantitative estimate of drug-likeness (QED) is 0.680. The van der Waals surface area contributed by atoms with Crippen molar-refractivity contribution in [2.24, 2.45) is 0 Å². The molecular weight excluding hydrogens is 278 g/mol. The summed E-state index contributed by atoms with van der Waals surface area (Å²) in [6.45, 7) is 0.737. The third-order valence-corrected chi connectivity index (χ3v) is 3.96. The highest BCUT2D eigenvalue weighted by Crippen LogP contribution is 2.32. The van der Waals surface area contributed by atoms with Gasteiger partial charge in [-0.15, -0.1) is 0 Å². The molecule has 1 aromatic carbocycles. The van der Waals surface area contributed by atoms with E-state index in [1.807, 2.05) is 18.2 Å². The fraction of sp³-hybridized carbons (Fsp3) is 0.278. The van der Waals surface area contributed by atoms with Gasteiger partial charge in [-0.2, -0.15) is 0 Å². The molecule has 1 unspecified atom stereocenters. The lowest BCUT2D eigenvalue weighted by molar-refractivity contribution is -0.134. The van der Waals surface area contributed by atoms with Gasteiger partial charge < -0.3 is 14.5 Å². The van der Waals surface area contributed by atoms with E-state index < -0.39 is 0 Å². The van der Waals surface area contributed by atoms with Crippen LogP contribution in [0.4, 0.5) is 0 Å². The molecule has 0 fully saturated rings. The van der Waals surface area contributed by atoms with Gasteiger partial charge in [-0.25, -0.2) is 4.79 Å². The number of aryl methyl sites for hydroxylation is 1. The molecule has 0 aliphatic heterocycles. The van der Waals surface area contributed by atoms with E-state index in [0.717, 1.165) is 30.7 Å². The highest BCUT2D eigenvalue weighted by atomic mass is 16.5. The van der Waals surface area contributed by atoms with E-state index in [-0.39, 0.29) is 5.97 Å². The van der Waals surface area contributed by atoms with E-state index in [9.17, 15) is 4.79 Å². The first kappa shape index (κ1) is 14.6. The molecule has 4 nitrogen and oxygen atoms in total. The number of methoxy groups -OCH3 is 1. The van der Waals surface area contributed by atoms with Crippen LogP contribution in [-0.2, 0) is 22.5 Å². The summed E-state index contributed by atoms with van der Waals surface area (Å²) in [5.74, 6) is 0.615. The lowest BCUT2D eigenvalue weighted by Gasteiger charge is -2.13. The lowest BCUT2D eigenvalue weighted by Crippen LogP contribution is -2.18. The van der Waals surface area contributed by atoms with Crippen molar-refractivity contribution in [2.75, 3.05) is 7.11 Å². The number of carbonyl (C=O) groups is 1. The van der Waals surface area contributed by atoms with E-state index in [1.165, 1.54) is 24.3 Å². The number of hydrogen-bond acceptors (Lipinski definition) is 4. The first-order chi connectivity index (χ1) is 10.8. The summed E-state index contributed by atoms with van der Waals surface area (Å²) >= 11 is 0. The van der Waals surface area contributed by atoms with Crippen molar-refractivity contribution >= 4 is 12.0 Å². The topological polar surface area (TPSA) is 51.5 Å². The highest BCUT2D eigenvalue weighted by molar-refractivity contribution is 5.86. The minimum atomic E-state index is -0.335. The fourth-order valence-corrected chi connectivity index (χ4v) is 2.82. The molecule has 1 aliphatic rings. The van der Waals surface area contributed by atoms with Crippen molar-refractivity contribution in [2.45, 2.75) is 25.4 Å². The van der Waals surface area contributed by atoms with Gasteiger partial charge in [-0.1, -0.05) is 18.2 Å². The first-order valence-electron chi connectivity index (χ1n) is 7.41. The molecule has 3 rings (SSSR count). The Labute approximate surface area is 129 Å². The number of benzene rings is 1. The largest absolute Gasteiger partial charge is 0.468 e. The molecule has 1 atom stereocenters. The Morgan fingerprint density at radius 3 is 3.14 bits per heavy atom. The summed E-state index contributed by atoms with van der Waals surface area (Å²) in [6.07, 6.45) is 7.06. The van der Waals surface area contributed by atoms with E-state index in [2.05, 4.69) is 22.2 Å². The molecule has 1 heterocycles. The minimum absolute atomic E-state index is 0.335. The molecule has 0 radical (unpaired) electrons. The number of furan rings is 1. The zero-order valence-corrected chi connectivity index (χ0v) is 12.5. The smallest absolute Gasteiger partial charge is 0.330 e. The maximum absolute atomic E-state index is 11.1. The number of rotatable bonds is 5. The van der Waals surface area contributed by atoms with Crippen LogP contribution in [0, 0.1) is 0 Å². The van der Waals surface area contributed by atoms with Gasteiger partial charge in [0.15, 0.2) is 0 Å². The van der Waals surface area contributed by atoms with Crippen molar-refractivity contribution in [1.82, 2.24) is 5.32 Å². The van der Waals surface area contributed by atoms with Gasteiger partial charge in [0.2, 0.25) is 0 Å². The number of nitrogens with one attached hydrogen (secondary N) is 1. The van der Waals surface area contributed by atoms with Gasteiger partial charge in [-0.3, -0.25) is 0 Å². The summed E-state index contributed by atoms with van der Waals surface area (Å²) in [5, 5.41) is 3.53. The van der Waals surface area contributed by atoms with Crippen molar-refractivity contribution in [1.29, 1.82) is 0 Å². The molecule has 4 heteroatoms. The van der Waals surface area contributed by atoms with Crippen molar-refractivity contribution in [3.8, 4) is 0 Å². The van der Waals surface area contributed by atoms with Crippen LogP contribution in [-0.4, -0.2) is 13.1 Å². The fourth-order valence-electron chi connectivity index (χ4n) is 2.82. The van der Waals surface area contributed by atoms with E-state index in [1.54, 1.807) is 12.3 Å². The molecule has 114 valence electrons. The molecular formula is C18H19NO3. The zero-order chi connectivity index (χ0) is 15.4. The van der Waals surface area contributed by atoms with Gasteiger partial charge in [0.05, 0.1) is 19.9 Å². The van der Waals surface area contributed by atoms with E-state index in [4.69, 9.17) is 4.42 Å². The summed E-state index contributed by atoms with van der Waals surface area (Å²) in [5.41, 5.74) is 3.70. The zero-order valence-electron chi connectivity index (χ0n) is 12.5. The maximum Gasteiger partial charge on any atom is 0.330 e. The summed E-state index contributed by atoms with van der Waals surface area (Å²) < 4.78 is 9.95. The molecule has 0 saturated carbocycles. The van der Waals surface area contributed by atoms with Crippen molar-refractivity contribution in [3.05, 3.63) is 65.1 Å². The van der Waals surface area contributed by atoms with Crippen LogP contribution in [0.2, 0.25) is 0 Å². The molecule has 1 N–H and O–H groups in total.